The van der Waals surface area contributed by atoms with Crippen molar-refractivity contribution in [2.45, 2.75) is 11.3 Å². The molecule has 7 nitrogen and oxygen atoms in total. The zero-order chi connectivity index (χ0) is 20.2. The number of para-hydroxylation sites is 1. The fraction of sp³-hybridized carbons (Fsp3) is 0.105. The zero-order valence-electron chi connectivity index (χ0n) is 15.2. The van der Waals surface area contributed by atoms with Gasteiger partial charge in [-0.1, -0.05) is 47.4 Å². The molecule has 146 valence electrons. The highest BCUT2D eigenvalue weighted by atomic mass is 32.2. The molecule has 4 aromatic rings. The first-order valence-corrected chi connectivity index (χ1v) is 11.2. The van der Waals surface area contributed by atoms with Gasteiger partial charge in [0.15, 0.2) is 9.35 Å². The van der Waals surface area contributed by atoms with E-state index in [-0.39, 0.29) is 17.6 Å². The molecule has 10 heteroatoms. The lowest BCUT2D eigenvalue weighted by Crippen LogP contribution is -2.13. The number of hydrogen-bond donors (Lipinski definition) is 2. The third-order valence-electron chi connectivity index (χ3n) is 3.74. The SMILES string of the molecule is Cc1cccc(NC(=O)CSc2nnc(NC(=O)c3nc4ccccc4s3)s2)c1. The average Bonchev–Trinajstić information content (AvgIpc) is 3.33. The number of thiazole rings is 1. The Balaban J connectivity index is 1.32. The first-order valence-electron chi connectivity index (χ1n) is 8.56. The third-order valence-corrected chi connectivity index (χ3v) is 6.75. The van der Waals surface area contributed by atoms with Crippen LogP contribution >= 0.6 is 34.4 Å². The highest BCUT2D eigenvalue weighted by Gasteiger charge is 2.15. The fourth-order valence-electron chi connectivity index (χ4n) is 2.49. The molecule has 0 unspecified atom stereocenters. The van der Waals surface area contributed by atoms with Crippen molar-refractivity contribution >= 4 is 67.3 Å². The maximum absolute atomic E-state index is 12.4. The third kappa shape index (κ3) is 4.97. The molecular formula is C19H15N5O2S3. The zero-order valence-corrected chi connectivity index (χ0v) is 17.7. The second kappa shape index (κ2) is 8.68. The second-order valence-corrected chi connectivity index (χ2v) is 9.25. The second-order valence-electron chi connectivity index (χ2n) is 6.02. The van der Waals surface area contributed by atoms with Crippen LogP contribution in [0.3, 0.4) is 0 Å². The summed E-state index contributed by atoms with van der Waals surface area (Å²) in [6, 6.07) is 15.2. The molecule has 2 aromatic carbocycles. The van der Waals surface area contributed by atoms with Crippen molar-refractivity contribution in [3.8, 4) is 0 Å². The number of nitrogens with zero attached hydrogens (tertiary/aromatic N) is 3. The molecule has 0 bridgehead atoms. The van der Waals surface area contributed by atoms with Crippen LogP contribution in [-0.2, 0) is 4.79 Å². The van der Waals surface area contributed by atoms with Crippen molar-refractivity contribution in [3.63, 3.8) is 0 Å². The number of fused-ring (bicyclic) bond motifs is 1. The topological polar surface area (TPSA) is 96.9 Å². The molecule has 0 atom stereocenters. The quantitative estimate of drug-likeness (QED) is 0.339. The molecule has 0 saturated heterocycles. The van der Waals surface area contributed by atoms with Crippen LogP contribution in [-0.4, -0.2) is 32.7 Å². The van der Waals surface area contributed by atoms with Crippen molar-refractivity contribution in [3.05, 3.63) is 59.1 Å². The number of amides is 2. The lowest BCUT2D eigenvalue weighted by atomic mass is 10.2. The normalized spacial score (nSPS) is 10.8. The van der Waals surface area contributed by atoms with Gasteiger partial charge in [0.2, 0.25) is 11.0 Å². The van der Waals surface area contributed by atoms with Crippen molar-refractivity contribution in [2.75, 3.05) is 16.4 Å². The molecule has 2 N–H and O–H groups in total. The van der Waals surface area contributed by atoms with Gasteiger partial charge in [-0.2, -0.15) is 0 Å². The maximum atomic E-state index is 12.4. The Hall–Kier alpha value is -2.82. The Labute approximate surface area is 178 Å². The first kappa shape index (κ1) is 19.5. The minimum Gasteiger partial charge on any atom is -0.325 e. The number of hydrogen-bond acceptors (Lipinski definition) is 8. The maximum Gasteiger partial charge on any atom is 0.286 e. The van der Waals surface area contributed by atoms with E-state index in [4.69, 9.17) is 0 Å². The first-order chi connectivity index (χ1) is 14.1. The Morgan fingerprint density at radius 1 is 1.03 bits per heavy atom. The van der Waals surface area contributed by atoms with E-state index in [1.54, 1.807) is 0 Å². The summed E-state index contributed by atoms with van der Waals surface area (Å²) in [5.74, 6) is -0.249. The van der Waals surface area contributed by atoms with Crippen LogP contribution in [0.5, 0.6) is 0 Å². The van der Waals surface area contributed by atoms with E-state index in [0.717, 1.165) is 21.5 Å². The summed E-state index contributed by atoms with van der Waals surface area (Å²) in [6.45, 7) is 1.97. The number of nitrogens with one attached hydrogen (secondary N) is 2. The molecule has 0 saturated carbocycles. The van der Waals surface area contributed by atoms with E-state index >= 15 is 0 Å². The van der Waals surface area contributed by atoms with Gasteiger partial charge in [0.25, 0.3) is 5.91 Å². The van der Waals surface area contributed by atoms with Crippen LogP contribution in [0.1, 0.15) is 15.4 Å². The van der Waals surface area contributed by atoms with E-state index in [9.17, 15) is 9.59 Å². The number of carbonyl (C=O) groups is 2. The van der Waals surface area contributed by atoms with E-state index in [1.807, 2.05) is 55.5 Å². The standard InChI is InChI=1S/C19H15N5O2S3/c1-11-5-4-6-12(9-11)20-15(25)10-27-19-24-23-18(29-19)22-16(26)17-21-13-7-2-3-8-14(13)28-17/h2-9H,10H2,1H3,(H,20,25)(H,22,23,26). The smallest absolute Gasteiger partial charge is 0.286 e. The minimum atomic E-state index is -0.323. The molecule has 0 aliphatic heterocycles. The molecule has 0 fully saturated rings. The van der Waals surface area contributed by atoms with Crippen molar-refractivity contribution < 1.29 is 9.59 Å². The Morgan fingerprint density at radius 2 is 1.90 bits per heavy atom. The molecular weight excluding hydrogens is 426 g/mol. The highest BCUT2D eigenvalue weighted by Crippen LogP contribution is 2.27. The van der Waals surface area contributed by atoms with Gasteiger partial charge in [0, 0.05) is 5.69 Å². The molecule has 0 aliphatic carbocycles. The van der Waals surface area contributed by atoms with Gasteiger partial charge in [0.1, 0.15) is 0 Å². The highest BCUT2D eigenvalue weighted by molar-refractivity contribution is 8.01. The van der Waals surface area contributed by atoms with Crippen molar-refractivity contribution in [1.29, 1.82) is 0 Å². The fourth-order valence-corrected chi connectivity index (χ4v) is 4.89. The Bertz CT molecular complexity index is 1150. The van der Waals surface area contributed by atoms with E-state index in [1.165, 1.54) is 34.4 Å². The molecule has 0 aliphatic rings. The number of rotatable bonds is 6. The Morgan fingerprint density at radius 3 is 2.72 bits per heavy atom. The summed E-state index contributed by atoms with van der Waals surface area (Å²) in [4.78, 5) is 28.8. The van der Waals surface area contributed by atoms with E-state index in [0.29, 0.717) is 14.5 Å². The van der Waals surface area contributed by atoms with Gasteiger partial charge in [0.05, 0.1) is 16.0 Å². The van der Waals surface area contributed by atoms with Crippen LogP contribution in [0.15, 0.2) is 52.9 Å². The molecule has 2 aromatic heterocycles. The molecule has 4 rings (SSSR count). The predicted molar refractivity (Wildman–Crippen MR) is 118 cm³/mol. The summed E-state index contributed by atoms with van der Waals surface area (Å²) >= 11 is 3.81. The molecule has 29 heavy (non-hydrogen) atoms. The van der Waals surface area contributed by atoms with Crippen LogP contribution in [0.25, 0.3) is 10.2 Å². The number of benzene rings is 2. The summed E-state index contributed by atoms with van der Waals surface area (Å²) < 4.78 is 1.55. The van der Waals surface area contributed by atoms with Gasteiger partial charge < -0.3 is 5.32 Å². The van der Waals surface area contributed by atoms with Gasteiger partial charge in [-0.25, -0.2) is 4.98 Å². The van der Waals surface area contributed by atoms with E-state index < -0.39 is 0 Å². The Kier molecular flexibility index (Phi) is 5.84. The monoisotopic (exact) mass is 441 g/mol. The summed E-state index contributed by atoms with van der Waals surface area (Å²) in [7, 11) is 0. The number of aryl methyl sites for hydroxylation is 1. The summed E-state index contributed by atoms with van der Waals surface area (Å²) in [5.41, 5.74) is 2.63. The number of aromatic nitrogens is 3. The largest absolute Gasteiger partial charge is 0.325 e. The number of carbonyl (C=O) groups excluding carboxylic acids is 2. The average molecular weight is 442 g/mol. The summed E-state index contributed by atoms with van der Waals surface area (Å²) in [5, 5.41) is 14.3. The molecule has 2 heterocycles. The lowest BCUT2D eigenvalue weighted by Gasteiger charge is -2.04. The lowest BCUT2D eigenvalue weighted by molar-refractivity contribution is -0.113. The van der Waals surface area contributed by atoms with Gasteiger partial charge >= 0.3 is 0 Å². The van der Waals surface area contributed by atoms with Crippen molar-refractivity contribution in [1.82, 2.24) is 15.2 Å². The van der Waals surface area contributed by atoms with Crippen LogP contribution in [0, 0.1) is 6.92 Å². The van der Waals surface area contributed by atoms with Crippen LogP contribution in [0.2, 0.25) is 0 Å². The summed E-state index contributed by atoms with van der Waals surface area (Å²) in [6.07, 6.45) is 0. The number of anilines is 2. The van der Waals surface area contributed by atoms with Gasteiger partial charge in [-0.15, -0.1) is 21.5 Å². The van der Waals surface area contributed by atoms with Crippen LogP contribution in [0.4, 0.5) is 10.8 Å². The van der Waals surface area contributed by atoms with Gasteiger partial charge in [-0.05, 0) is 36.8 Å². The molecule has 0 spiro atoms. The number of thioether (sulfide) groups is 1. The van der Waals surface area contributed by atoms with Crippen LogP contribution < -0.4 is 10.6 Å². The predicted octanol–water partition coefficient (Wildman–Crippen LogP) is 4.44. The molecule has 2 amide bonds. The molecule has 0 radical (unpaired) electrons. The van der Waals surface area contributed by atoms with Gasteiger partial charge in [-0.3, -0.25) is 14.9 Å². The van der Waals surface area contributed by atoms with E-state index in [2.05, 4.69) is 25.8 Å². The minimum absolute atomic E-state index is 0.129. The van der Waals surface area contributed by atoms with Crippen molar-refractivity contribution in [2.24, 2.45) is 0 Å².